The fraction of sp³-hybridized carbons (Fsp3) is 0.295. The highest BCUT2D eigenvalue weighted by Crippen LogP contribution is 2.37. The molecule has 6 nitrogen and oxygen atoms in total. The van der Waals surface area contributed by atoms with Crippen molar-refractivity contribution in [2.24, 2.45) is 5.92 Å². The van der Waals surface area contributed by atoms with Gasteiger partial charge in [0.2, 0.25) is 0 Å². The Morgan fingerprint density at radius 3 is 1.98 bits per heavy atom. The third-order valence-electron chi connectivity index (χ3n) is 9.88. The number of alkyl halides is 1. The summed E-state index contributed by atoms with van der Waals surface area (Å²) >= 11 is 1.38. The summed E-state index contributed by atoms with van der Waals surface area (Å²) in [5.41, 5.74) is 2.19. The Morgan fingerprint density at radius 1 is 0.868 bits per heavy atom. The lowest BCUT2D eigenvalue weighted by atomic mass is 9.98. The van der Waals surface area contributed by atoms with Crippen molar-refractivity contribution in [2.45, 2.75) is 65.3 Å². The highest BCUT2D eigenvalue weighted by atomic mass is 32.1. The van der Waals surface area contributed by atoms with Gasteiger partial charge in [0.1, 0.15) is 16.8 Å². The van der Waals surface area contributed by atoms with Gasteiger partial charge in [0, 0.05) is 5.56 Å². The lowest BCUT2D eigenvalue weighted by Crippen LogP contribution is -2.67. The summed E-state index contributed by atoms with van der Waals surface area (Å²) < 4.78 is 25.7. The molecule has 0 bridgehead atoms. The van der Waals surface area contributed by atoms with E-state index in [-0.39, 0.29) is 42.1 Å². The number of aryl methyl sites for hydroxylation is 1. The zero-order chi connectivity index (χ0) is 37.8. The van der Waals surface area contributed by atoms with Crippen molar-refractivity contribution in [3.8, 4) is 0 Å². The van der Waals surface area contributed by atoms with Crippen molar-refractivity contribution in [1.82, 2.24) is 14.5 Å². The lowest BCUT2D eigenvalue weighted by molar-refractivity contribution is 0.0478. The van der Waals surface area contributed by atoms with E-state index in [1.165, 1.54) is 11.3 Å². The topological polar surface area (TPSA) is 64.4 Å². The molecule has 4 aromatic carbocycles. The highest BCUT2D eigenvalue weighted by Gasteiger charge is 2.50. The van der Waals surface area contributed by atoms with Crippen LogP contribution >= 0.6 is 11.3 Å². The SMILES string of the molecule is Cc1ccc(C(=O)N(C[C@H](F)CO[Si](c2ccccc2)(c2ccccc2)C(C)(C)C)[C@@H](c2nc3sccc3c(=O)n2Cc2ccccc2)C(C)C)cc1. The van der Waals surface area contributed by atoms with Gasteiger partial charge in [0.25, 0.3) is 19.8 Å². The number of carbonyl (C=O) groups excluding carboxylic acids is 1. The molecule has 2 heterocycles. The standard InChI is InChI=1S/C44H48FN3O3SSi/c1-31(2)39(40-46-41-38(26-27-52-41)43(50)48(40)28-33-16-10-7-11-17-33)47(42(49)34-24-22-32(3)23-25-34)29-35(45)30-51-53(44(4,5)6,36-18-12-8-13-19-36)37-20-14-9-15-21-37/h7-27,31,35,39H,28-30H2,1-6H3/t35-,39+/m0/s1. The second kappa shape index (κ2) is 16.1. The van der Waals surface area contributed by atoms with E-state index in [4.69, 9.17) is 9.41 Å². The van der Waals surface area contributed by atoms with Crippen LogP contribution < -0.4 is 15.9 Å². The van der Waals surface area contributed by atoms with Crippen molar-refractivity contribution >= 4 is 46.2 Å². The van der Waals surface area contributed by atoms with Crippen molar-refractivity contribution in [3.63, 3.8) is 0 Å². The van der Waals surface area contributed by atoms with Crippen LogP contribution in [0.1, 0.15) is 68.0 Å². The van der Waals surface area contributed by atoms with Crippen LogP contribution in [0.2, 0.25) is 5.04 Å². The van der Waals surface area contributed by atoms with E-state index < -0.39 is 20.5 Å². The monoisotopic (exact) mass is 745 g/mol. The Labute approximate surface area is 317 Å². The number of rotatable bonds is 13. The molecule has 0 aliphatic heterocycles. The molecule has 6 aromatic rings. The predicted molar refractivity (Wildman–Crippen MR) is 218 cm³/mol. The van der Waals surface area contributed by atoms with Gasteiger partial charge in [-0.2, -0.15) is 0 Å². The summed E-state index contributed by atoms with van der Waals surface area (Å²) in [5.74, 6) is -0.117. The average molecular weight is 746 g/mol. The third-order valence-corrected chi connectivity index (χ3v) is 15.7. The number of carbonyl (C=O) groups is 1. The molecule has 1 amide bonds. The second-order valence-corrected chi connectivity index (χ2v) is 20.3. The lowest BCUT2D eigenvalue weighted by Gasteiger charge is -2.43. The average Bonchev–Trinajstić information content (AvgIpc) is 3.63. The summed E-state index contributed by atoms with van der Waals surface area (Å²) in [6.45, 7) is 12.2. The molecule has 0 aliphatic carbocycles. The highest BCUT2D eigenvalue weighted by molar-refractivity contribution is 7.16. The number of aromatic nitrogens is 2. The van der Waals surface area contributed by atoms with Crippen molar-refractivity contribution in [3.05, 3.63) is 160 Å². The van der Waals surface area contributed by atoms with E-state index in [1.54, 1.807) is 27.7 Å². The van der Waals surface area contributed by atoms with E-state index in [0.29, 0.717) is 21.6 Å². The maximum absolute atomic E-state index is 17.0. The number of fused-ring (bicyclic) bond motifs is 1. The number of hydrogen-bond donors (Lipinski definition) is 0. The smallest absolute Gasteiger partial charge is 0.262 e. The number of thiophene rings is 1. The minimum absolute atomic E-state index is 0.185. The first-order valence-electron chi connectivity index (χ1n) is 18.2. The van der Waals surface area contributed by atoms with Crippen molar-refractivity contribution < 1.29 is 13.6 Å². The van der Waals surface area contributed by atoms with Crippen LogP contribution in [0.15, 0.2) is 132 Å². The molecular formula is C44H48FN3O3SSi. The van der Waals surface area contributed by atoms with Crippen LogP contribution in [0, 0.1) is 12.8 Å². The van der Waals surface area contributed by atoms with Crippen molar-refractivity contribution in [1.29, 1.82) is 0 Å². The van der Waals surface area contributed by atoms with E-state index in [2.05, 4.69) is 45.0 Å². The van der Waals surface area contributed by atoms with Crippen molar-refractivity contribution in [2.75, 3.05) is 13.2 Å². The Kier molecular flexibility index (Phi) is 11.6. The molecule has 0 fully saturated rings. The summed E-state index contributed by atoms with van der Waals surface area (Å²) in [6, 6.07) is 38.4. The molecule has 274 valence electrons. The van der Waals surface area contributed by atoms with Crippen LogP contribution in [0.5, 0.6) is 0 Å². The first-order valence-corrected chi connectivity index (χ1v) is 21.0. The first-order chi connectivity index (χ1) is 25.4. The molecule has 0 spiro atoms. The molecule has 53 heavy (non-hydrogen) atoms. The van der Waals surface area contributed by atoms with Crippen LogP contribution in [0.3, 0.4) is 0 Å². The fourth-order valence-electron chi connectivity index (χ4n) is 7.33. The Morgan fingerprint density at radius 2 is 1.43 bits per heavy atom. The number of nitrogens with zero attached hydrogens (tertiary/aromatic N) is 3. The minimum Gasteiger partial charge on any atom is -0.404 e. The molecule has 0 saturated carbocycles. The zero-order valence-electron chi connectivity index (χ0n) is 31.3. The molecule has 2 atom stereocenters. The first kappa shape index (κ1) is 38.0. The molecule has 0 radical (unpaired) electrons. The molecule has 0 aliphatic rings. The maximum atomic E-state index is 17.0. The number of amides is 1. The zero-order valence-corrected chi connectivity index (χ0v) is 33.1. The van der Waals surface area contributed by atoms with Gasteiger partial charge in [-0.3, -0.25) is 14.2 Å². The van der Waals surface area contributed by atoms with Crippen LogP contribution in [0.4, 0.5) is 4.39 Å². The molecule has 0 saturated heterocycles. The predicted octanol–water partition coefficient (Wildman–Crippen LogP) is 8.57. The van der Waals surface area contributed by atoms with E-state index in [1.807, 2.05) is 105 Å². The van der Waals surface area contributed by atoms with Gasteiger partial charge in [-0.25, -0.2) is 9.37 Å². The number of halogens is 1. The van der Waals surface area contributed by atoms with Gasteiger partial charge in [-0.1, -0.05) is 143 Å². The van der Waals surface area contributed by atoms with Gasteiger partial charge in [-0.15, -0.1) is 11.3 Å². The Balaban J connectivity index is 1.44. The maximum Gasteiger partial charge on any atom is 0.262 e. The van der Waals surface area contributed by atoms with Gasteiger partial charge in [-0.05, 0) is 57.4 Å². The van der Waals surface area contributed by atoms with Gasteiger partial charge < -0.3 is 9.33 Å². The normalized spacial score (nSPS) is 13.3. The van der Waals surface area contributed by atoms with Crippen LogP contribution in [-0.4, -0.2) is 48.0 Å². The fourth-order valence-corrected chi connectivity index (χ4v) is 12.7. The second-order valence-electron chi connectivity index (χ2n) is 15.1. The van der Waals surface area contributed by atoms with E-state index in [0.717, 1.165) is 21.5 Å². The third kappa shape index (κ3) is 7.98. The molecule has 9 heteroatoms. The molecule has 6 rings (SSSR count). The van der Waals surface area contributed by atoms with E-state index >= 15 is 4.39 Å². The van der Waals surface area contributed by atoms with Gasteiger partial charge in [0.05, 0.1) is 31.1 Å². The van der Waals surface area contributed by atoms with Gasteiger partial charge >= 0.3 is 0 Å². The molecule has 2 aromatic heterocycles. The molecule has 0 N–H and O–H groups in total. The minimum atomic E-state index is -3.06. The summed E-state index contributed by atoms with van der Waals surface area (Å²) in [4.78, 5) is 36.1. The van der Waals surface area contributed by atoms with Crippen LogP contribution in [0.25, 0.3) is 10.2 Å². The number of hydrogen-bond acceptors (Lipinski definition) is 5. The molecular weight excluding hydrogens is 698 g/mol. The van der Waals surface area contributed by atoms with Gasteiger partial charge in [0.15, 0.2) is 0 Å². The summed E-state index contributed by atoms with van der Waals surface area (Å²) in [7, 11) is -3.06. The quantitative estimate of drug-likeness (QED) is 0.111. The van der Waals surface area contributed by atoms with E-state index in [9.17, 15) is 9.59 Å². The Bertz CT molecular complexity index is 2140. The van der Waals surface area contributed by atoms with Crippen LogP contribution in [-0.2, 0) is 11.0 Å². The number of benzene rings is 4. The molecule has 0 unspecified atom stereocenters. The summed E-state index contributed by atoms with van der Waals surface area (Å²) in [6.07, 6.45) is -1.55. The largest absolute Gasteiger partial charge is 0.404 e. The Hall–Kier alpha value is -4.70. The summed E-state index contributed by atoms with van der Waals surface area (Å²) in [5, 5.41) is 4.14.